The Balaban J connectivity index is 2.09. The molecule has 0 aliphatic carbocycles. The number of nitrogens with two attached hydrogens (primary N) is 1. The molecule has 0 aromatic carbocycles. The van der Waals surface area contributed by atoms with E-state index < -0.39 is 0 Å². The summed E-state index contributed by atoms with van der Waals surface area (Å²) in [6, 6.07) is 3.44. The predicted molar refractivity (Wildman–Crippen MR) is 79.3 cm³/mol. The standard InChI is InChI=1S/C13H17N5OS/c1-2-3-10-4-9(5-12(17-10)18-14)13(19)16-7-11-6-15-8-20-11/h4-6,8H,2-3,7,14H2,1H3,(H,16,19)(H,17,18). The predicted octanol–water partition coefficient (Wildman–Crippen LogP) is 1.71. The van der Waals surface area contributed by atoms with E-state index in [1.807, 2.05) is 0 Å². The number of nitrogens with one attached hydrogen (secondary N) is 2. The zero-order valence-corrected chi connectivity index (χ0v) is 12.0. The number of nitrogens with zero attached hydrogens (tertiary/aromatic N) is 2. The first-order valence-corrected chi connectivity index (χ1v) is 7.24. The van der Waals surface area contributed by atoms with Crippen molar-refractivity contribution in [3.05, 3.63) is 40.0 Å². The molecule has 0 unspecified atom stereocenters. The Labute approximate surface area is 121 Å². The van der Waals surface area contributed by atoms with Gasteiger partial charge in [0.2, 0.25) is 0 Å². The van der Waals surface area contributed by atoms with Gasteiger partial charge in [0, 0.05) is 22.3 Å². The lowest BCUT2D eigenvalue weighted by molar-refractivity contribution is 0.0951. The Bertz CT molecular complexity index is 570. The van der Waals surface area contributed by atoms with Gasteiger partial charge in [-0.1, -0.05) is 13.3 Å². The van der Waals surface area contributed by atoms with Crippen molar-refractivity contribution >= 4 is 23.1 Å². The molecule has 4 N–H and O–H groups in total. The Hall–Kier alpha value is -1.99. The van der Waals surface area contributed by atoms with Crippen LogP contribution in [-0.4, -0.2) is 15.9 Å². The van der Waals surface area contributed by atoms with E-state index in [1.165, 1.54) is 11.3 Å². The highest BCUT2D eigenvalue weighted by Crippen LogP contribution is 2.12. The molecule has 6 nitrogen and oxygen atoms in total. The fourth-order valence-corrected chi connectivity index (χ4v) is 2.31. The van der Waals surface area contributed by atoms with E-state index in [0.717, 1.165) is 23.4 Å². The third kappa shape index (κ3) is 3.75. The lowest BCUT2D eigenvalue weighted by Crippen LogP contribution is -2.23. The summed E-state index contributed by atoms with van der Waals surface area (Å²) in [5.74, 6) is 5.74. The topological polar surface area (TPSA) is 92.9 Å². The van der Waals surface area contributed by atoms with Gasteiger partial charge in [0.15, 0.2) is 0 Å². The first-order chi connectivity index (χ1) is 9.72. The van der Waals surface area contributed by atoms with Gasteiger partial charge in [-0.05, 0) is 18.6 Å². The van der Waals surface area contributed by atoms with Crippen molar-refractivity contribution in [2.45, 2.75) is 26.3 Å². The lowest BCUT2D eigenvalue weighted by atomic mass is 10.1. The summed E-state index contributed by atoms with van der Waals surface area (Å²) in [6.45, 7) is 2.54. The molecule has 0 fully saturated rings. The average molecular weight is 291 g/mol. The van der Waals surface area contributed by atoms with Crippen molar-refractivity contribution in [2.75, 3.05) is 5.43 Å². The van der Waals surface area contributed by atoms with Gasteiger partial charge in [0.1, 0.15) is 5.82 Å². The Morgan fingerprint density at radius 2 is 2.30 bits per heavy atom. The average Bonchev–Trinajstić information content (AvgIpc) is 2.98. The molecule has 0 atom stereocenters. The summed E-state index contributed by atoms with van der Waals surface area (Å²) >= 11 is 1.51. The number of hydrogen-bond donors (Lipinski definition) is 3. The number of nitrogen functional groups attached to an aromatic ring is 1. The van der Waals surface area contributed by atoms with E-state index in [1.54, 1.807) is 23.8 Å². The van der Waals surface area contributed by atoms with Gasteiger partial charge >= 0.3 is 0 Å². The number of aryl methyl sites for hydroxylation is 1. The fourth-order valence-electron chi connectivity index (χ4n) is 1.78. The van der Waals surface area contributed by atoms with Gasteiger partial charge in [-0.15, -0.1) is 11.3 Å². The van der Waals surface area contributed by atoms with Gasteiger partial charge in [0.25, 0.3) is 5.91 Å². The minimum atomic E-state index is -0.144. The van der Waals surface area contributed by atoms with Crippen molar-refractivity contribution in [1.29, 1.82) is 0 Å². The maximum atomic E-state index is 12.1. The van der Waals surface area contributed by atoms with Crippen molar-refractivity contribution in [2.24, 2.45) is 5.84 Å². The van der Waals surface area contributed by atoms with Crippen LogP contribution in [0.15, 0.2) is 23.8 Å². The number of amides is 1. The van der Waals surface area contributed by atoms with Crippen molar-refractivity contribution in [1.82, 2.24) is 15.3 Å². The zero-order valence-electron chi connectivity index (χ0n) is 11.2. The van der Waals surface area contributed by atoms with Gasteiger partial charge in [-0.2, -0.15) is 0 Å². The summed E-state index contributed by atoms with van der Waals surface area (Å²) in [5, 5.41) is 2.86. The lowest BCUT2D eigenvalue weighted by Gasteiger charge is -2.08. The van der Waals surface area contributed by atoms with Crippen LogP contribution in [0.25, 0.3) is 0 Å². The second-order valence-electron chi connectivity index (χ2n) is 4.28. The summed E-state index contributed by atoms with van der Waals surface area (Å²) in [7, 11) is 0. The number of carbonyl (C=O) groups is 1. The highest BCUT2D eigenvalue weighted by Gasteiger charge is 2.09. The van der Waals surface area contributed by atoms with E-state index in [-0.39, 0.29) is 5.91 Å². The maximum absolute atomic E-state index is 12.1. The summed E-state index contributed by atoms with van der Waals surface area (Å²) in [5.41, 5.74) is 5.64. The van der Waals surface area contributed by atoms with Crippen LogP contribution in [0, 0.1) is 0 Å². The van der Waals surface area contributed by atoms with Crippen LogP contribution in [0.5, 0.6) is 0 Å². The highest BCUT2D eigenvalue weighted by atomic mass is 32.1. The van der Waals surface area contributed by atoms with Crippen LogP contribution in [0.4, 0.5) is 5.82 Å². The van der Waals surface area contributed by atoms with Crippen molar-refractivity contribution < 1.29 is 4.79 Å². The minimum Gasteiger partial charge on any atom is -0.347 e. The van der Waals surface area contributed by atoms with Crippen molar-refractivity contribution in [3.63, 3.8) is 0 Å². The summed E-state index contributed by atoms with van der Waals surface area (Å²) in [4.78, 5) is 21.4. The molecule has 0 saturated heterocycles. The van der Waals surface area contributed by atoms with E-state index >= 15 is 0 Å². The number of rotatable bonds is 6. The fraction of sp³-hybridized carbons (Fsp3) is 0.308. The molecule has 0 aliphatic heterocycles. The SMILES string of the molecule is CCCc1cc(C(=O)NCc2cncs2)cc(NN)n1. The summed E-state index contributed by atoms with van der Waals surface area (Å²) in [6.07, 6.45) is 3.51. The van der Waals surface area contributed by atoms with Crippen molar-refractivity contribution in [3.8, 4) is 0 Å². The molecule has 20 heavy (non-hydrogen) atoms. The Kier molecular flexibility index (Phi) is 5.03. The van der Waals surface area contributed by atoms with Gasteiger partial charge < -0.3 is 10.7 Å². The number of thiazole rings is 1. The number of hydrazine groups is 1. The number of pyridine rings is 1. The molecular formula is C13H17N5OS. The summed E-state index contributed by atoms with van der Waals surface area (Å²) < 4.78 is 0. The van der Waals surface area contributed by atoms with Crippen LogP contribution >= 0.6 is 11.3 Å². The van der Waals surface area contributed by atoms with Crippen LogP contribution in [0.1, 0.15) is 34.3 Å². The second-order valence-corrected chi connectivity index (χ2v) is 5.25. The molecule has 7 heteroatoms. The van der Waals surface area contributed by atoms with Crippen LogP contribution < -0.4 is 16.6 Å². The highest BCUT2D eigenvalue weighted by molar-refractivity contribution is 7.09. The van der Waals surface area contributed by atoms with Gasteiger partial charge in [0.05, 0.1) is 12.1 Å². The zero-order chi connectivity index (χ0) is 14.4. The minimum absolute atomic E-state index is 0.144. The Morgan fingerprint density at radius 3 is 2.95 bits per heavy atom. The monoisotopic (exact) mass is 291 g/mol. The molecule has 0 spiro atoms. The normalized spacial score (nSPS) is 10.3. The molecular weight excluding hydrogens is 274 g/mol. The van der Waals surface area contributed by atoms with Gasteiger partial charge in [-0.25, -0.2) is 10.8 Å². The quantitative estimate of drug-likeness (QED) is 0.556. The third-order valence-electron chi connectivity index (χ3n) is 2.70. The first-order valence-electron chi connectivity index (χ1n) is 6.36. The third-order valence-corrected chi connectivity index (χ3v) is 3.48. The molecule has 0 aliphatic rings. The number of anilines is 1. The van der Waals surface area contributed by atoms with E-state index in [0.29, 0.717) is 17.9 Å². The molecule has 2 aromatic heterocycles. The Morgan fingerprint density at radius 1 is 1.45 bits per heavy atom. The van der Waals surface area contributed by atoms with Crippen LogP contribution in [0.2, 0.25) is 0 Å². The molecule has 0 bridgehead atoms. The first kappa shape index (κ1) is 14.4. The van der Waals surface area contributed by atoms with Crippen LogP contribution in [0.3, 0.4) is 0 Å². The van der Waals surface area contributed by atoms with E-state index in [2.05, 4.69) is 27.6 Å². The molecule has 1 amide bonds. The molecule has 2 rings (SSSR count). The van der Waals surface area contributed by atoms with Gasteiger partial charge in [-0.3, -0.25) is 9.78 Å². The molecule has 2 heterocycles. The van der Waals surface area contributed by atoms with E-state index in [9.17, 15) is 4.79 Å². The smallest absolute Gasteiger partial charge is 0.251 e. The molecule has 106 valence electrons. The second kappa shape index (κ2) is 6.97. The molecule has 0 radical (unpaired) electrons. The number of hydrogen-bond acceptors (Lipinski definition) is 6. The molecule has 0 saturated carbocycles. The number of carbonyl (C=O) groups excluding carboxylic acids is 1. The number of aromatic nitrogens is 2. The largest absolute Gasteiger partial charge is 0.347 e. The maximum Gasteiger partial charge on any atom is 0.251 e. The van der Waals surface area contributed by atoms with Crippen LogP contribution in [-0.2, 0) is 13.0 Å². The molecule has 2 aromatic rings. The van der Waals surface area contributed by atoms with E-state index in [4.69, 9.17) is 5.84 Å².